The highest BCUT2D eigenvalue weighted by molar-refractivity contribution is 6.02. The maximum atomic E-state index is 11.4. The van der Waals surface area contributed by atoms with E-state index in [0.29, 0.717) is 16.5 Å². The molecule has 4 rings (SSSR count). The van der Waals surface area contributed by atoms with Crippen molar-refractivity contribution in [2.75, 3.05) is 0 Å². The Bertz CT molecular complexity index is 880. The van der Waals surface area contributed by atoms with Gasteiger partial charge in [-0.05, 0) is 61.6 Å². The molecular weight excluding hydrogens is 276 g/mol. The van der Waals surface area contributed by atoms with Crippen molar-refractivity contribution in [3.8, 4) is 5.69 Å². The average molecular weight is 292 g/mol. The van der Waals surface area contributed by atoms with E-state index < -0.39 is 5.97 Å². The molecular formula is C18H16N2O2. The van der Waals surface area contributed by atoms with Crippen LogP contribution in [0.15, 0.2) is 42.7 Å². The minimum absolute atomic E-state index is 0.299. The van der Waals surface area contributed by atoms with Crippen LogP contribution < -0.4 is 0 Å². The van der Waals surface area contributed by atoms with Gasteiger partial charge in [0.25, 0.3) is 0 Å². The van der Waals surface area contributed by atoms with Gasteiger partial charge in [-0.15, -0.1) is 0 Å². The second-order valence-electron chi connectivity index (χ2n) is 5.73. The first-order chi connectivity index (χ1) is 10.7. The summed E-state index contributed by atoms with van der Waals surface area (Å²) in [5.74, 6) is -0.918. The van der Waals surface area contributed by atoms with Crippen molar-refractivity contribution in [3.05, 3.63) is 59.5 Å². The van der Waals surface area contributed by atoms with Gasteiger partial charge in [-0.1, -0.05) is 0 Å². The summed E-state index contributed by atoms with van der Waals surface area (Å²) in [4.78, 5) is 15.7. The molecule has 110 valence electrons. The van der Waals surface area contributed by atoms with Crippen molar-refractivity contribution in [1.29, 1.82) is 0 Å². The van der Waals surface area contributed by atoms with E-state index in [1.54, 1.807) is 12.3 Å². The minimum Gasteiger partial charge on any atom is -0.478 e. The van der Waals surface area contributed by atoms with Gasteiger partial charge in [-0.2, -0.15) is 0 Å². The van der Waals surface area contributed by atoms with Crippen LogP contribution in [0.4, 0.5) is 0 Å². The van der Waals surface area contributed by atoms with Crippen LogP contribution in [0.3, 0.4) is 0 Å². The highest BCUT2D eigenvalue weighted by Crippen LogP contribution is 2.27. The molecule has 1 aromatic carbocycles. The zero-order valence-corrected chi connectivity index (χ0v) is 12.1. The summed E-state index contributed by atoms with van der Waals surface area (Å²) in [5, 5.41) is 10.0. The number of carboxylic acids is 1. The van der Waals surface area contributed by atoms with E-state index in [1.807, 2.05) is 18.2 Å². The number of aryl methyl sites for hydroxylation is 1. The molecule has 0 unspecified atom stereocenters. The number of aromatic carboxylic acids is 1. The van der Waals surface area contributed by atoms with Crippen LogP contribution in [0.25, 0.3) is 16.6 Å². The number of nitrogens with zero attached hydrogens (tertiary/aromatic N) is 2. The molecule has 2 heterocycles. The molecule has 4 heteroatoms. The Hall–Kier alpha value is -2.62. The molecule has 0 aliphatic heterocycles. The van der Waals surface area contributed by atoms with Gasteiger partial charge in [0.2, 0.25) is 0 Å². The van der Waals surface area contributed by atoms with Crippen LogP contribution in [0, 0.1) is 0 Å². The van der Waals surface area contributed by atoms with Gasteiger partial charge in [0, 0.05) is 29.2 Å². The SMILES string of the molecule is O=C(O)c1ccnc2ccc(-n3ccc4c3CCCC4)cc12. The molecule has 2 aromatic heterocycles. The molecule has 0 saturated carbocycles. The maximum absolute atomic E-state index is 11.4. The maximum Gasteiger partial charge on any atom is 0.336 e. The standard InChI is InChI=1S/C18H16N2O2/c21-18(22)14-7-9-19-16-6-5-13(11-15(14)16)20-10-8-12-3-1-2-4-17(12)20/h5-11H,1-4H2,(H,21,22). The fourth-order valence-corrected chi connectivity index (χ4v) is 3.33. The highest BCUT2D eigenvalue weighted by atomic mass is 16.4. The smallest absolute Gasteiger partial charge is 0.336 e. The quantitative estimate of drug-likeness (QED) is 0.785. The Morgan fingerprint density at radius 3 is 2.86 bits per heavy atom. The number of carboxylic acid groups (broad SMARTS) is 1. The van der Waals surface area contributed by atoms with Crippen LogP contribution in [-0.4, -0.2) is 20.6 Å². The van der Waals surface area contributed by atoms with Crippen LogP contribution in [-0.2, 0) is 12.8 Å². The van der Waals surface area contributed by atoms with E-state index in [1.165, 1.54) is 24.1 Å². The van der Waals surface area contributed by atoms with Crippen molar-refractivity contribution in [2.24, 2.45) is 0 Å². The monoisotopic (exact) mass is 292 g/mol. The second kappa shape index (κ2) is 4.98. The summed E-state index contributed by atoms with van der Waals surface area (Å²) >= 11 is 0. The second-order valence-corrected chi connectivity index (χ2v) is 5.73. The predicted octanol–water partition coefficient (Wildman–Crippen LogP) is 3.60. The summed E-state index contributed by atoms with van der Waals surface area (Å²) in [6, 6.07) is 9.57. The molecule has 22 heavy (non-hydrogen) atoms. The summed E-state index contributed by atoms with van der Waals surface area (Å²) in [6.45, 7) is 0. The topological polar surface area (TPSA) is 55.1 Å². The average Bonchev–Trinajstić information content (AvgIpc) is 2.97. The lowest BCUT2D eigenvalue weighted by Crippen LogP contribution is -2.07. The first kappa shape index (κ1) is 13.1. The Kier molecular flexibility index (Phi) is 2.96. The first-order valence-electron chi connectivity index (χ1n) is 7.55. The Morgan fingerprint density at radius 1 is 1.14 bits per heavy atom. The third kappa shape index (κ3) is 1.99. The number of fused-ring (bicyclic) bond motifs is 2. The lowest BCUT2D eigenvalue weighted by atomic mass is 9.98. The molecule has 0 radical (unpaired) electrons. The molecule has 4 nitrogen and oxygen atoms in total. The van der Waals surface area contributed by atoms with Crippen LogP contribution in [0.1, 0.15) is 34.5 Å². The Balaban J connectivity index is 1.91. The van der Waals surface area contributed by atoms with Crippen molar-refractivity contribution in [3.63, 3.8) is 0 Å². The molecule has 0 bridgehead atoms. The fraction of sp³-hybridized carbons (Fsp3) is 0.222. The normalized spacial score (nSPS) is 14.0. The molecule has 1 aliphatic rings. The zero-order valence-electron chi connectivity index (χ0n) is 12.1. The number of rotatable bonds is 2. The zero-order chi connectivity index (χ0) is 15.1. The molecule has 0 amide bonds. The number of hydrogen-bond acceptors (Lipinski definition) is 2. The number of benzene rings is 1. The van der Waals surface area contributed by atoms with Crippen molar-refractivity contribution in [2.45, 2.75) is 25.7 Å². The van der Waals surface area contributed by atoms with Gasteiger partial charge < -0.3 is 9.67 Å². The number of aromatic nitrogens is 2. The number of pyridine rings is 1. The predicted molar refractivity (Wildman–Crippen MR) is 84.7 cm³/mol. The summed E-state index contributed by atoms with van der Waals surface area (Å²) in [5.41, 5.74) is 4.78. The number of carbonyl (C=O) groups is 1. The number of hydrogen-bond donors (Lipinski definition) is 1. The van der Waals surface area contributed by atoms with E-state index in [4.69, 9.17) is 0 Å². The van der Waals surface area contributed by atoms with E-state index in [2.05, 4.69) is 21.8 Å². The fourth-order valence-electron chi connectivity index (χ4n) is 3.33. The Morgan fingerprint density at radius 2 is 2.00 bits per heavy atom. The van der Waals surface area contributed by atoms with E-state index in [0.717, 1.165) is 18.5 Å². The minimum atomic E-state index is -0.918. The van der Waals surface area contributed by atoms with Crippen LogP contribution >= 0.6 is 0 Å². The van der Waals surface area contributed by atoms with Crippen LogP contribution in [0.2, 0.25) is 0 Å². The third-order valence-electron chi connectivity index (χ3n) is 4.43. The molecule has 1 aliphatic carbocycles. The van der Waals surface area contributed by atoms with Gasteiger partial charge in [0.1, 0.15) is 0 Å². The van der Waals surface area contributed by atoms with Gasteiger partial charge in [-0.25, -0.2) is 4.79 Å². The first-order valence-corrected chi connectivity index (χ1v) is 7.55. The van der Waals surface area contributed by atoms with Gasteiger partial charge in [0.15, 0.2) is 0 Å². The van der Waals surface area contributed by atoms with Gasteiger partial charge in [-0.3, -0.25) is 4.98 Å². The highest BCUT2D eigenvalue weighted by Gasteiger charge is 2.16. The molecule has 0 saturated heterocycles. The van der Waals surface area contributed by atoms with E-state index >= 15 is 0 Å². The van der Waals surface area contributed by atoms with E-state index in [-0.39, 0.29) is 0 Å². The molecule has 1 N–H and O–H groups in total. The molecule has 3 aromatic rings. The lowest BCUT2D eigenvalue weighted by molar-refractivity contribution is 0.0699. The molecule has 0 fully saturated rings. The van der Waals surface area contributed by atoms with Crippen LogP contribution in [0.5, 0.6) is 0 Å². The molecule has 0 spiro atoms. The summed E-state index contributed by atoms with van der Waals surface area (Å²) < 4.78 is 2.19. The lowest BCUT2D eigenvalue weighted by Gasteiger charge is -2.16. The Labute approximate surface area is 128 Å². The molecule has 0 atom stereocenters. The summed E-state index contributed by atoms with van der Waals surface area (Å²) in [6.07, 6.45) is 8.32. The van der Waals surface area contributed by atoms with Gasteiger partial charge in [0.05, 0.1) is 11.1 Å². The summed E-state index contributed by atoms with van der Waals surface area (Å²) in [7, 11) is 0. The van der Waals surface area contributed by atoms with Crippen molar-refractivity contribution < 1.29 is 9.90 Å². The van der Waals surface area contributed by atoms with Gasteiger partial charge >= 0.3 is 5.97 Å². The largest absolute Gasteiger partial charge is 0.478 e. The van der Waals surface area contributed by atoms with Crippen molar-refractivity contribution in [1.82, 2.24) is 9.55 Å². The van der Waals surface area contributed by atoms with Crippen molar-refractivity contribution >= 4 is 16.9 Å². The third-order valence-corrected chi connectivity index (χ3v) is 4.43. The van der Waals surface area contributed by atoms with E-state index in [9.17, 15) is 9.90 Å².